The van der Waals surface area contributed by atoms with Crippen LogP contribution in [0.4, 0.5) is 5.69 Å². The van der Waals surface area contributed by atoms with Crippen molar-refractivity contribution >= 4 is 17.3 Å². The standard InChI is InChI=1S/C25H30ClN5/c1-31-23(13-17-7-8-17)21(15-28-31)25-22(26)16-27-24(30-25)14-18-9-11-20(12-10-18)29-19-5-3-2-4-6-19/h2-6,15-18,20,29H,7-14H2,1H3. The molecule has 6 heteroatoms. The molecule has 0 amide bonds. The van der Waals surface area contributed by atoms with E-state index in [9.17, 15) is 0 Å². The van der Waals surface area contributed by atoms with Gasteiger partial charge in [-0.25, -0.2) is 9.97 Å². The third-order valence-corrected chi connectivity index (χ3v) is 7.03. The van der Waals surface area contributed by atoms with Crippen LogP contribution in [-0.4, -0.2) is 25.8 Å². The molecule has 0 aliphatic heterocycles. The third-order valence-electron chi connectivity index (χ3n) is 6.75. The Morgan fingerprint density at radius 2 is 1.68 bits per heavy atom. The summed E-state index contributed by atoms with van der Waals surface area (Å²) in [5.41, 5.74) is 4.37. The number of aryl methyl sites for hydroxylation is 1. The van der Waals surface area contributed by atoms with E-state index in [2.05, 4.69) is 45.7 Å². The zero-order valence-corrected chi connectivity index (χ0v) is 18.9. The zero-order valence-electron chi connectivity index (χ0n) is 18.1. The molecule has 2 heterocycles. The quantitative estimate of drug-likeness (QED) is 0.517. The van der Waals surface area contributed by atoms with E-state index in [1.807, 2.05) is 17.9 Å². The van der Waals surface area contributed by atoms with Crippen molar-refractivity contribution in [3.05, 3.63) is 59.3 Å². The minimum atomic E-state index is 0.556. The summed E-state index contributed by atoms with van der Waals surface area (Å²) in [7, 11) is 2.01. The van der Waals surface area contributed by atoms with Crippen molar-refractivity contribution < 1.29 is 0 Å². The molecular weight excluding hydrogens is 406 g/mol. The smallest absolute Gasteiger partial charge is 0.129 e. The van der Waals surface area contributed by atoms with E-state index in [0.29, 0.717) is 17.0 Å². The van der Waals surface area contributed by atoms with E-state index in [0.717, 1.165) is 35.8 Å². The highest BCUT2D eigenvalue weighted by molar-refractivity contribution is 6.32. The summed E-state index contributed by atoms with van der Waals surface area (Å²) in [4.78, 5) is 9.48. The van der Waals surface area contributed by atoms with Crippen molar-refractivity contribution in [2.45, 2.75) is 57.4 Å². The summed E-state index contributed by atoms with van der Waals surface area (Å²) in [5, 5.41) is 8.78. The van der Waals surface area contributed by atoms with Crippen molar-refractivity contribution in [3.63, 3.8) is 0 Å². The number of aromatic nitrogens is 4. The minimum absolute atomic E-state index is 0.556. The van der Waals surface area contributed by atoms with Crippen molar-refractivity contribution in [1.29, 1.82) is 0 Å². The van der Waals surface area contributed by atoms with Gasteiger partial charge in [-0.2, -0.15) is 5.10 Å². The van der Waals surface area contributed by atoms with Crippen LogP contribution < -0.4 is 5.32 Å². The third kappa shape index (κ3) is 4.93. The first-order valence-corrected chi connectivity index (χ1v) is 11.9. The molecule has 2 aliphatic carbocycles. The number of hydrogen-bond donors (Lipinski definition) is 1. The molecule has 0 atom stereocenters. The lowest BCUT2D eigenvalue weighted by molar-refractivity contribution is 0.332. The zero-order chi connectivity index (χ0) is 21.2. The molecule has 0 spiro atoms. The van der Waals surface area contributed by atoms with Crippen LogP contribution in [0.25, 0.3) is 11.3 Å². The number of hydrogen-bond acceptors (Lipinski definition) is 4. The summed E-state index contributed by atoms with van der Waals surface area (Å²) in [6, 6.07) is 11.1. The van der Waals surface area contributed by atoms with Gasteiger partial charge in [-0.1, -0.05) is 29.8 Å². The Morgan fingerprint density at radius 3 is 2.42 bits per heavy atom. The van der Waals surface area contributed by atoms with Gasteiger partial charge in [-0.05, 0) is 68.9 Å². The van der Waals surface area contributed by atoms with Gasteiger partial charge in [0.15, 0.2) is 0 Å². The highest BCUT2D eigenvalue weighted by Crippen LogP contribution is 2.37. The molecule has 2 saturated carbocycles. The number of benzene rings is 1. The lowest BCUT2D eigenvalue weighted by atomic mass is 9.84. The number of nitrogens with zero attached hydrogens (tertiary/aromatic N) is 4. The largest absolute Gasteiger partial charge is 0.382 e. The molecule has 0 bridgehead atoms. The van der Waals surface area contributed by atoms with Crippen LogP contribution in [0, 0.1) is 11.8 Å². The number of para-hydroxylation sites is 1. The Hall–Kier alpha value is -2.40. The van der Waals surface area contributed by atoms with E-state index < -0.39 is 0 Å². The van der Waals surface area contributed by atoms with E-state index in [-0.39, 0.29) is 0 Å². The van der Waals surface area contributed by atoms with Gasteiger partial charge in [0, 0.05) is 42.7 Å². The molecular formula is C25H30ClN5. The maximum absolute atomic E-state index is 6.53. The topological polar surface area (TPSA) is 55.6 Å². The Bertz CT molecular complexity index is 1020. The molecule has 1 N–H and O–H groups in total. The van der Waals surface area contributed by atoms with Crippen molar-refractivity contribution in [2.75, 3.05) is 5.32 Å². The molecule has 162 valence electrons. The fourth-order valence-corrected chi connectivity index (χ4v) is 4.92. The predicted octanol–water partition coefficient (Wildman–Crippen LogP) is 5.70. The Morgan fingerprint density at radius 1 is 0.968 bits per heavy atom. The molecule has 2 aliphatic rings. The molecule has 3 aromatic rings. The van der Waals surface area contributed by atoms with Crippen LogP contribution in [0.5, 0.6) is 0 Å². The second-order valence-electron chi connectivity index (χ2n) is 9.19. The van der Waals surface area contributed by atoms with E-state index in [1.54, 1.807) is 6.20 Å². The molecule has 5 nitrogen and oxygen atoms in total. The molecule has 31 heavy (non-hydrogen) atoms. The number of halogens is 1. The summed E-state index contributed by atoms with van der Waals surface area (Å²) in [6.45, 7) is 0. The van der Waals surface area contributed by atoms with Crippen molar-refractivity contribution in [3.8, 4) is 11.3 Å². The molecule has 0 radical (unpaired) electrons. The van der Waals surface area contributed by atoms with Gasteiger partial charge in [0.1, 0.15) is 5.82 Å². The van der Waals surface area contributed by atoms with Gasteiger partial charge in [0.25, 0.3) is 0 Å². The van der Waals surface area contributed by atoms with Gasteiger partial charge in [-0.3, -0.25) is 4.68 Å². The summed E-state index contributed by atoms with van der Waals surface area (Å²) >= 11 is 6.53. The van der Waals surface area contributed by atoms with Crippen LogP contribution in [0.2, 0.25) is 5.02 Å². The molecule has 0 saturated heterocycles. The number of nitrogens with one attached hydrogen (secondary N) is 1. The first-order chi connectivity index (χ1) is 15.2. The lowest BCUT2D eigenvalue weighted by Crippen LogP contribution is -2.27. The predicted molar refractivity (Wildman–Crippen MR) is 125 cm³/mol. The average Bonchev–Trinajstić information content (AvgIpc) is 3.54. The first kappa shape index (κ1) is 20.5. The first-order valence-electron chi connectivity index (χ1n) is 11.5. The minimum Gasteiger partial charge on any atom is -0.382 e. The Labute approximate surface area is 189 Å². The SMILES string of the molecule is Cn1ncc(-c2nc(CC3CCC(Nc4ccccc4)CC3)ncc2Cl)c1CC1CC1. The van der Waals surface area contributed by atoms with Gasteiger partial charge >= 0.3 is 0 Å². The van der Waals surface area contributed by atoms with Gasteiger partial charge < -0.3 is 5.32 Å². The van der Waals surface area contributed by atoms with Crippen LogP contribution in [0.3, 0.4) is 0 Å². The Balaban J connectivity index is 1.24. The second kappa shape index (κ2) is 8.99. The fraction of sp³-hybridized carbons (Fsp3) is 0.480. The van der Waals surface area contributed by atoms with Crippen LogP contribution in [0.1, 0.15) is 50.0 Å². The van der Waals surface area contributed by atoms with Crippen LogP contribution in [-0.2, 0) is 19.9 Å². The lowest BCUT2D eigenvalue weighted by Gasteiger charge is -2.29. The van der Waals surface area contributed by atoms with Gasteiger partial charge in [0.05, 0.1) is 16.9 Å². The molecule has 0 unspecified atom stereocenters. The van der Waals surface area contributed by atoms with Crippen LogP contribution >= 0.6 is 11.6 Å². The molecule has 2 fully saturated rings. The summed E-state index contributed by atoms with van der Waals surface area (Å²) < 4.78 is 1.98. The van der Waals surface area contributed by atoms with Crippen molar-refractivity contribution in [1.82, 2.24) is 19.7 Å². The maximum Gasteiger partial charge on any atom is 0.129 e. The van der Waals surface area contributed by atoms with E-state index in [4.69, 9.17) is 16.6 Å². The maximum atomic E-state index is 6.53. The normalized spacial score (nSPS) is 21.2. The average molecular weight is 436 g/mol. The molecule has 1 aromatic carbocycles. The monoisotopic (exact) mass is 435 g/mol. The molecule has 5 rings (SSSR count). The molecule has 2 aromatic heterocycles. The second-order valence-corrected chi connectivity index (χ2v) is 9.60. The highest BCUT2D eigenvalue weighted by atomic mass is 35.5. The summed E-state index contributed by atoms with van der Waals surface area (Å²) in [5.74, 6) is 2.32. The van der Waals surface area contributed by atoms with Crippen molar-refractivity contribution in [2.24, 2.45) is 18.9 Å². The number of anilines is 1. The van der Waals surface area contributed by atoms with E-state index in [1.165, 1.54) is 49.9 Å². The summed E-state index contributed by atoms with van der Waals surface area (Å²) in [6.07, 6.45) is 13.1. The fourth-order valence-electron chi connectivity index (χ4n) is 4.73. The van der Waals surface area contributed by atoms with Crippen LogP contribution in [0.15, 0.2) is 42.7 Å². The highest BCUT2D eigenvalue weighted by Gasteiger charge is 2.27. The number of rotatable bonds is 7. The van der Waals surface area contributed by atoms with E-state index >= 15 is 0 Å². The van der Waals surface area contributed by atoms with Gasteiger partial charge in [0.2, 0.25) is 0 Å². The Kier molecular flexibility index (Phi) is 5.95. The van der Waals surface area contributed by atoms with Gasteiger partial charge in [-0.15, -0.1) is 0 Å².